The van der Waals surface area contributed by atoms with Gasteiger partial charge in [-0.25, -0.2) is 4.79 Å². The van der Waals surface area contributed by atoms with E-state index in [2.05, 4.69) is 23.2 Å². The fourth-order valence-corrected chi connectivity index (χ4v) is 1.67. The predicted octanol–water partition coefficient (Wildman–Crippen LogP) is 2.94. The number of allylic oxidation sites excluding steroid dienone is 3. The summed E-state index contributed by atoms with van der Waals surface area (Å²) in [7, 11) is 0. The monoisotopic (exact) mass is 278 g/mol. The van der Waals surface area contributed by atoms with E-state index < -0.39 is 11.9 Å². The van der Waals surface area contributed by atoms with Crippen LogP contribution in [0.5, 0.6) is 0 Å². The van der Waals surface area contributed by atoms with Gasteiger partial charge in [-0.15, -0.1) is 0 Å². The molecule has 1 heterocycles. The lowest BCUT2D eigenvalue weighted by atomic mass is 10.1. The number of esters is 2. The smallest absolute Gasteiger partial charge is 0.345 e. The molecular formula is C18H14O3. The Morgan fingerprint density at radius 2 is 1.86 bits per heavy atom. The minimum Gasteiger partial charge on any atom is -0.389 e. The van der Waals surface area contributed by atoms with Crippen LogP contribution in [0.25, 0.3) is 0 Å². The van der Waals surface area contributed by atoms with Gasteiger partial charge in [-0.05, 0) is 24.6 Å². The van der Waals surface area contributed by atoms with Gasteiger partial charge in [0.05, 0.1) is 5.57 Å². The molecule has 1 aliphatic rings. The van der Waals surface area contributed by atoms with E-state index >= 15 is 0 Å². The second-order valence-electron chi connectivity index (χ2n) is 4.44. The topological polar surface area (TPSA) is 43.4 Å². The van der Waals surface area contributed by atoms with Gasteiger partial charge < -0.3 is 4.74 Å². The number of benzene rings is 1. The molecule has 3 nitrogen and oxygen atoms in total. The minimum absolute atomic E-state index is 0.104. The van der Waals surface area contributed by atoms with Gasteiger partial charge in [0.1, 0.15) is 0 Å². The number of carbonyl (C=O) groups excluding carboxylic acids is 2. The second kappa shape index (κ2) is 7.06. The summed E-state index contributed by atoms with van der Waals surface area (Å²) in [5, 5.41) is 0. The molecule has 0 N–H and O–H groups in total. The first-order chi connectivity index (χ1) is 10.1. The van der Waals surface area contributed by atoms with Crippen LogP contribution in [-0.4, -0.2) is 11.9 Å². The number of ether oxygens (including phenoxy) is 1. The summed E-state index contributed by atoms with van der Waals surface area (Å²) in [6, 6.07) is 9.54. The summed E-state index contributed by atoms with van der Waals surface area (Å²) in [5.41, 5.74) is 1.63. The van der Waals surface area contributed by atoms with Crippen LogP contribution in [-0.2, 0) is 14.3 Å². The van der Waals surface area contributed by atoms with E-state index in [9.17, 15) is 9.59 Å². The second-order valence-corrected chi connectivity index (χ2v) is 4.44. The summed E-state index contributed by atoms with van der Waals surface area (Å²) >= 11 is 0. The highest BCUT2D eigenvalue weighted by Crippen LogP contribution is 2.09. The molecule has 0 saturated carbocycles. The number of rotatable bonds is 0. The van der Waals surface area contributed by atoms with Crippen LogP contribution in [0.15, 0.2) is 66.3 Å². The fourth-order valence-electron chi connectivity index (χ4n) is 1.67. The lowest BCUT2D eigenvalue weighted by molar-refractivity contribution is -0.156. The molecule has 1 aromatic rings. The normalized spacial score (nSPS) is 19.6. The summed E-state index contributed by atoms with van der Waals surface area (Å²) in [6.07, 6.45) is 5.80. The highest BCUT2D eigenvalue weighted by Gasteiger charge is 2.13. The third-order valence-corrected chi connectivity index (χ3v) is 2.74. The highest BCUT2D eigenvalue weighted by molar-refractivity contribution is 5.98. The molecule has 0 amide bonds. The maximum absolute atomic E-state index is 11.6. The number of hydrogen-bond donors (Lipinski definition) is 0. The Morgan fingerprint density at radius 1 is 1.10 bits per heavy atom. The van der Waals surface area contributed by atoms with Crippen LogP contribution < -0.4 is 0 Å². The van der Waals surface area contributed by atoms with Crippen LogP contribution in [0, 0.1) is 11.8 Å². The van der Waals surface area contributed by atoms with Crippen molar-refractivity contribution in [2.24, 2.45) is 0 Å². The summed E-state index contributed by atoms with van der Waals surface area (Å²) in [5.74, 6) is 4.73. The zero-order valence-electron chi connectivity index (χ0n) is 11.5. The van der Waals surface area contributed by atoms with Gasteiger partial charge in [0.15, 0.2) is 0 Å². The summed E-state index contributed by atoms with van der Waals surface area (Å²) in [4.78, 5) is 22.9. The van der Waals surface area contributed by atoms with Gasteiger partial charge in [0, 0.05) is 17.6 Å². The van der Waals surface area contributed by atoms with Crippen molar-refractivity contribution in [1.82, 2.24) is 0 Å². The molecule has 1 aromatic carbocycles. The Balaban J connectivity index is 2.26. The maximum Gasteiger partial charge on any atom is 0.345 e. The molecule has 0 aliphatic carbocycles. The van der Waals surface area contributed by atoms with Gasteiger partial charge in [-0.2, -0.15) is 0 Å². The van der Waals surface area contributed by atoms with E-state index in [0.29, 0.717) is 12.0 Å². The first kappa shape index (κ1) is 14.5. The Kier molecular flexibility index (Phi) is 4.89. The molecule has 0 aromatic heterocycles. The van der Waals surface area contributed by atoms with Gasteiger partial charge in [-0.1, -0.05) is 48.8 Å². The van der Waals surface area contributed by atoms with E-state index in [1.165, 1.54) is 6.08 Å². The summed E-state index contributed by atoms with van der Waals surface area (Å²) in [6.45, 7) is 3.60. The van der Waals surface area contributed by atoms with E-state index in [0.717, 1.165) is 5.56 Å². The Hall–Kier alpha value is -2.86. The Labute approximate surface area is 123 Å². The molecule has 2 rings (SSSR count). The zero-order chi connectivity index (χ0) is 15.1. The van der Waals surface area contributed by atoms with Gasteiger partial charge >= 0.3 is 11.9 Å². The number of carbonyl (C=O) groups is 2. The number of hydrogen-bond acceptors (Lipinski definition) is 3. The Bertz CT molecular complexity index is 682. The van der Waals surface area contributed by atoms with Crippen molar-refractivity contribution in [3.63, 3.8) is 0 Å². The van der Waals surface area contributed by atoms with Gasteiger partial charge in [0.2, 0.25) is 0 Å². The van der Waals surface area contributed by atoms with Crippen molar-refractivity contribution in [3.05, 3.63) is 71.8 Å². The molecule has 104 valence electrons. The quantitative estimate of drug-likeness (QED) is 0.317. The van der Waals surface area contributed by atoms with Crippen LogP contribution in [0.4, 0.5) is 0 Å². The van der Waals surface area contributed by atoms with Crippen molar-refractivity contribution < 1.29 is 14.3 Å². The Morgan fingerprint density at radius 3 is 2.62 bits per heavy atom. The lowest BCUT2D eigenvalue weighted by Gasteiger charge is -2.04. The predicted molar refractivity (Wildman–Crippen MR) is 80.0 cm³/mol. The molecule has 0 radical (unpaired) electrons. The van der Waals surface area contributed by atoms with E-state index in [1.807, 2.05) is 36.4 Å². The van der Waals surface area contributed by atoms with E-state index in [-0.39, 0.29) is 12.0 Å². The first-order valence-corrected chi connectivity index (χ1v) is 6.54. The standard InChI is InChI=1S/C18H14O3/c1-14-13-16(12-11-15-7-3-2-4-8-15)9-5-6-10-17(19)21-18(14)20/h2-5,7-9,13H,1,6,10H2/b9-5-,16-13+. The molecule has 0 unspecified atom stereocenters. The molecule has 0 fully saturated rings. The largest absolute Gasteiger partial charge is 0.389 e. The minimum atomic E-state index is -0.727. The molecule has 21 heavy (non-hydrogen) atoms. The van der Waals surface area contributed by atoms with Crippen LogP contribution in [0.2, 0.25) is 0 Å². The van der Waals surface area contributed by atoms with Crippen LogP contribution >= 0.6 is 0 Å². The van der Waals surface area contributed by atoms with Gasteiger partial charge in [-0.3, -0.25) is 4.79 Å². The van der Waals surface area contributed by atoms with Gasteiger partial charge in [0.25, 0.3) is 0 Å². The molecule has 0 bridgehead atoms. The molecule has 1 aliphatic heterocycles. The average molecular weight is 278 g/mol. The molecule has 3 heteroatoms. The molecule has 0 atom stereocenters. The van der Waals surface area contributed by atoms with E-state index in [4.69, 9.17) is 0 Å². The average Bonchev–Trinajstić information content (AvgIpc) is 2.49. The highest BCUT2D eigenvalue weighted by atomic mass is 16.6. The zero-order valence-corrected chi connectivity index (χ0v) is 11.5. The third-order valence-electron chi connectivity index (χ3n) is 2.74. The summed E-state index contributed by atoms with van der Waals surface area (Å²) < 4.78 is 4.65. The fraction of sp³-hybridized carbons (Fsp3) is 0.111. The van der Waals surface area contributed by atoms with Crippen molar-refractivity contribution >= 4 is 11.9 Å². The lowest BCUT2D eigenvalue weighted by Crippen LogP contribution is -2.13. The third kappa shape index (κ3) is 4.63. The van der Waals surface area contributed by atoms with Crippen molar-refractivity contribution in [2.45, 2.75) is 12.8 Å². The first-order valence-electron chi connectivity index (χ1n) is 6.54. The molecular weight excluding hydrogens is 264 g/mol. The van der Waals surface area contributed by atoms with Crippen molar-refractivity contribution in [2.75, 3.05) is 0 Å². The molecule has 0 spiro atoms. The maximum atomic E-state index is 11.6. The SMILES string of the molecule is C=C1/C=C(C#Cc2ccccc2)\C=C/CCC(=O)OC1=O. The van der Waals surface area contributed by atoms with E-state index in [1.54, 1.807) is 6.08 Å². The molecule has 0 saturated heterocycles. The van der Waals surface area contributed by atoms with Crippen LogP contribution in [0.3, 0.4) is 0 Å². The van der Waals surface area contributed by atoms with Crippen molar-refractivity contribution in [3.8, 4) is 11.8 Å². The number of cyclic esters (lactones) is 2. The van der Waals surface area contributed by atoms with Crippen molar-refractivity contribution in [1.29, 1.82) is 0 Å². The van der Waals surface area contributed by atoms with Crippen LogP contribution in [0.1, 0.15) is 18.4 Å².